The molecule has 12 heteroatoms. The number of hydrogen-bond acceptors (Lipinski definition) is 9. The number of likely N-dealkylation sites (N-methyl/N-ethyl adjacent to an activating group) is 3. The molecule has 12 nitrogen and oxygen atoms in total. The normalized spacial score (nSPS) is 27.7. The van der Waals surface area contributed by atoms with E-state index >= 15 is 0 Å². The van der Waals surface area contributed by atoms with E-state index in [0.29, 0.717) is 12.8 Å². The fourth-order valence-electron chi connectivity index (χ4n) is 5.89. The molecule has 0 aromatic rings. The second-order valence-corrected chi connectivity index (χ2v) is 15.0. The van der Waals surface area contributed by atoms with E-state index in [9.17, 15) is 28.8 Å². The second-order valence-electron chi connectivity index (χ2n) is 15.0. The van der Waals surface area contributed by atoms with E-state index in [2.05, 4.69) is 0 Å². The van der Waals surface area contributed by atoms with Gasteiger partial charge >= 0.3 is 17.9 Å². The summed E-state index contributed by atoms with van der Waals surface area (Å²) in [7, 11) is 4.38. The summed E-state index contributed by atoms with van der Waals surface area (Å²) in [6.07, 6.45) is -2.59. The van der Waals surface area contributed by atoms with Crippen molar-refractivity contribution in [3.63, 3.8) is 0 Å². The summed E-state index contributed by atoms with van der Waals surface area (Å²) in [5.41, 5.74) is 0. The van der Waals surface area contributed by atoms with E-state index in [4.69, 9.17) is 14.2 Å². The molecule has 1 heterocycles. The minimum absolute atomic E-state index is 0.0421. The minimum Gasteiger partial charge on any atom is -0.450 e. The van der Waals surface area contributed by atoms with Crippen molar-refractivity contribution in [2.24, 2.45) is 35.5 Å². The number of esters is 3. The monoisotopic (exact) mass is 681 g/mol. The molecule has 0 unspecified atom stereocenters. The van der Waals surface area contributed by atoms with Crippen LogP contribution in [0.3, 0.4) is 0 Å². The zero-order valence-electron chi connectivity index (χ0n) is 32.1. The van der Waals surface area contributed by atoms with Gasteiger partial charge in [-0.05, 0) is 41.9 Å². The lowest BCUT2D eigenvalue weighted by Gasteiger charge is -2.38. The summed E-state index contributed by atoms with van der Waals surface area (Å²) < 4.78 is 17.7. The van der Waals surface area contributed by atoms with Gasteiger partial charge in [-0.1, -0.05) is 95.9 Å². The molecule has 1 rings (SSSR count). The molecule has 0 bridgehead atoms. The van der Waals surface area contributed by atoms with Gasteiger partial charge in [0.2, 0.25) is 0 Å². The Balaban J connectivity index is 4.02. The third-order valence-electron chi connectivity index (χ3n) is 9.44. The van der Waals surface area contributed by atoms with Crippen LogP contribution in [0.4, 0.5) is 0 Å². The molecule has 3 amide bonds. The van der Waals surface area contributed by atoms with Crippen molar-refractivity contribution in [3.8, 4) is 0 Å². The van der Waals surface area contributed by atoms with Crippen molar-refractivity contribution in [2.75, 3.05) is 21.1 Å². The number of cyclic esters (lactones) is 3. The maximum Gasteiger partial charge on any atom is 0.329 e. The highest BCUT2D eigenvalue weighted by molar-refractivity contribution is 5.94. The quantitative estimate of drug-likeness (QED) is 0.257. The number of carbonyl (C=O) groups is 6. The van der Waals surface area contributed by atoms with Gasteiger partial charge in [-0.25, -0.2) is 14.4 Å². The van der Waals surface area contributed by atoms with E-state index in [1.165, 1.54) is 35.8 Å². The van der Waals surface area contributed by atoms with Gasteiger partial charge in [0.1, 0.15) is 18.1 Å². The molecule has 0 spiro atoms. The lowest BCUT2D eigenvalue weighted by Crippen LogP contribution is -2.57. The highest BCUT2D eigenvalue weighted by atomic mass is 16.6. The van der Waals surface area contributed by atoms with Crippen molar-refractivity contribution in [2.45, 2.75) is 139 Å². The van der Waals surface area contributed by atoms with Crippen LogP contribution >= 0.6 is 0 Å². The number of rotatable bonds is 9. The first-order chi connectivity index (χ1) is 22.1. The molecule has 1 fully saturated rings. The SMILES string of the molecule is CC[C@H](C)[C@H]1C(=O)O[C@H](C(C)C)C(=O)N(C)[C@@H](CC(C)C)C(=O)O[C@@H](C(C)C)C(=O)N(C)[C@@H]([C@@H](C)CC)C(=O)O[C@@H](C(C)C)C(=O)N1C. The molecule has 8 atom stereocenters. The number of nitrogens with zero attached hydrogens (tertiary/aromatic N) is 3. The van der Waals surface area contributed by atoms with E-state index in [-0.39, 0.29) is 24.2 Å². The molecular formula is C36H63N3O9. The fraction of sp³-hybridized carbons (Fsp3) is 0.833. The van der Waals surface area contributed by atoms with Gasteiger partial charge < -0.3 is 28.9 Å². The van der Waals surface area contributed by atoms with Crippen LogP contribution in [0.25, 0.3) is 0 Å². The van der Waals surface area contributed by atoms with Gasteiger partial charge in [0.05, 0.1) is 0 Å². The predicted molar refractivity (Wildman–Crippen MR) is 182 cm³/mol. The summed E-state index contributed by atoms with van der Waals surface area (Å²) in [5, 5.41) is 0. The minimum atomic E-state index is -1.28. The fourth-order valence-corrected chi connectivity index (χ4v) is 5.89. The molecule has 1 aliphatic rings. The number of carbonyl (C=O) groups excluding carboxylic acids is 6. The van der Waals surface area contributed by atoms with Crippen LogP contribution in [0.1, 0.15) is 102 Å². The third kappa shape index (κ3) is 10.4. The predicted octanol–water partition coefficient (Wildman–Crippen LogP) is 4.32. The zero-order valence-corrected chi connectivity index (χ0v) is 32.1. The van der Waals surface area contributed by atoms with Crippen molar-refractivity contribution in [3.05, 3.63) is 0 Å². The van der Waals surface area contributed by atoms with E-state index in [0.717, 1.165) is 0 Å². The average molecular weight is 682 g/mol. The molecule has 276 valence electrons. The summed E-state index contributed by atoms with van der Waals surface area (Å²) in [6, 6.07) is -3.29. The maximum atomic E-state index is 14.1. The molecule has 0 aromatic heterocycles. The molecule has 0 radical (unpaired) electrons. The van der Waals surface area contributed by atoms with Crippen molar-refractivity contribution < 1.29 is 43.0 Å². The summed E-state index contributed by atoms with van der Waals surface area (Å²) in [5.74, 6) is -6.39. The van der Waals surface area contributed by atoms with E-state index < -0.39 is 89.8 Å². The number of amides is 3. The lowest BCUT2D eigenvalue weighted by atomic mass is 9.95. The van der Waals surface area contributed by atoms with E-state index in [1.807, 2.05) is 27.7 Å². The van der Waals surface area contributed by atoms with Crippen molar-refractivity contribution >= 4 is 35.6 Å². The molecule has 0 saturated carbocycles. The third-order valence-corrected chi connectivity index (χ3v) is 9.44. The van der Waals surface area contributed by atoms with Crippen LogP contribution in [0.5, 0.6) is 0 Å². The average Bonchev–Trinajstić information content (AvgIpc) is 3.01. The van der Waals surface area contributed by atoms with Crippen LogP contribution in [-0.4, -0.2) is 108 Å². The molecule has 1 saturated heterocycles. The van der Waals surface area contributed by atoms with Crippen molar-refractivity contribution in [1.82, 2.24) is 14.7 Å². The Kier molecular flexibility index (Phi) is 16.6. The number of hydrogen-bond donors (Lipinski definition) is 0. The van der Waals surface area contributed by atoms with Crippen LogP contribution < -0.4 is 0 Å². The Morgan fingerprint density at radius 1 is 0.500 bits per heavy atom. The molecule has 0 aliphatic carbocycles. The Hall–Kier alpha value is -3.18. The van der Waals surface area contributed by atoms with Gasteiger partial charge in [0, 0.05) is 21.1 Å². The standard InChI is InChI=1S/C36H63N3O9/c1-16-23(11)26-35(44)47-28(20(5)6)31(40)37(13)25(18-19(3)4)34(43)46-29(21(7)8)32(41)38(14)27(24(12)17-2)36(45)48-30(22(9)10)33(42)39(26)15/h19-30H,16-18H2,1-15H3/t23-,24-,25-,26-,27-,28+,29-,30-/m0/s1. The summed E-state index contributed by atoms with van der Waals surface area (Å²) in [6.45, 7) is 21.5. The van der Waals surface area contributed by atoms with Gasteiger partial charge in [-0.15, -0.1) is 0 Å². The van der Waals surface area contributed by atoms with Crippen molar-refractivity contribution in [1.29, 1.82) is 0 Å². The summed E-state index contributed by atoms with van der Waals surface area (Å²) >= 11 is 0. The first-order valence-corrected chi connectivity index (χ1v) is 17.6. The first kappa shape index (κ1) is 42.8. The first-order valence-electron chi connectivity index (χ1n) is 17.6. The Labute approximate surface area is 288 Å². The molecule has 0 N–H and O–H groups in total. The molecule has 1 aliphatic heterocycles. The highest BCUT2D eigenvalue weighted by Crippen LogP contribution is 2.26. The lowest BCUT2D eigenvalue weighted by molar-refractivity contribution is -0.181. The molecule has 0 aromatic carbocycles. The zero-order chi connectivity index (χ0) is 37.4. The number of ether oxygens (including phenoxy) is 3. The maximum absolute atomic E-state index is 14.1. The van der Waals surface area contributed by atoms with E-state index in [1.54, 1.807) is 55.4 Å². The van der Waals surface area contributed by atoms with Crippen LogP contribution in [-0.2, 0) is 43.0 Å². The van der Waals surface area contributed by atoms with Crippen LogP contribution in [0.15, 0.2) is 0 Å². The van der Waals surface area contributed by atoms with Crippen LogP contribution in [0, 0.1) is 35.5 Å². The smallest absolute Gasteiger partial charge is 0.329 e. The Morgan fingerprint density at radius 3 is 1.06 bits per heavy atom. The largest absolute Gasteiger partial charge is 0.450 e. The Morgan fingerprint density at radius 2 is 0.792 bits per heavy atom. The second kappa shape index (κ2) is 18.5. The Bertz CT molecular complexity index is 1120. The highest BCUT2D eigenvalue weighted by Gasteiger charge is 2.45. The van der Waals surface area contributed by atoms with Gasteiger partial charge in [-0.2, -0.15) is 0 Å². The van der Waals surface area contributed by atoms with Crippen LogP contribution in [0.2, 0.25) is 0 Å². The molecule has 48 heavy (non-hydrogen) atoms. The topological polar surface area (TPSA) is 140 Å². The summed E-state index contributed by atoms with van der Waals surface area (Å²) in [4.78, 5) is 87.7. The molecular weight excluding hydrogens is 618 g/mol. The van der Waals surface area contributed by atoms with Gasteiger partial charge in [-0.3, -0.25) is 14.4 Å². The van der Waals surface area contributed by atoms with Gasteiger partial charge in [0.25, 0.3) is 17.7 Å². The van der Waals surface area contributed by atoms with Gasteiger partial charge in [0.15, 0.2) is 18.3 Å².